The molecule has 3 nitrogen and oxygen atoms in total. The second-order valence-electron chi connectivity index (χ2n) is 4.96. The molecule has 1 aromatic heterocycles. The third-order valence-electron chi connectivity index (χ3n) is 3.10. The molecule has 20 heavy (non-hydrogen) atoms. The van der Waals surface area contributed by atoms with E-state index >= 15 is 0 Å². The second kappa shape index (κ2) is 5.59. The summed E-state index contributed by atoms with van der Waals surface area (Å²) in [4.78, 5) is 4.69. The predicted octanol–water partition coefficient (Wildman–Crippen LogP) is 3.74. The van der Waals surface area contributed by atoms with Crippen molar-refractivity contribution in [2.45, 2.75) is 27.7 Å². The van der Waals surface area contributed by atoms with E-state index in [1.54, 1.807) is 0 Å². The van der Waals surface area contributed by atoms with Crippen LogP contribution in [0.15, 0.2) is 24.3 Å². The predicted molar refractivity (Wildman–Crippen MR) is 85.6 cm³/mol. The van der Waals surface area contributed by atoms with Crippen LogP contribution in [-0.2, 0) is 0 Å². The smallest absolute Gasteiger partial charge is 0.141 e. The first-order chi connectivity index (χ1) is 9.38. The van der Waals surface area contributed by atoms with Gasteiger partial charge in [0, 0.05) is 11.8 Å². The van der Waals surface area contributed by atoms with Crippen LogP contribution in [0.3, 0.4) is 0 Å². The first-order valence-corrected chi connectivity index (χ1v) is 6.82. The number of nitrogens with zero attached hydrogens (tertiary/aromatic N) is 1. The quantitative estimate of drug-likeness (QED) is 0.873. The van der Waals surface area contributed by atoms with Gasteiger partial charge in [-0.3, -0.25) is 4.98 Å². The fourth-order valence-electron chi connectivity index (χ4n) is 2.11. The summed E-state index contributed by atoms with van der Waals surface area (Å²) < 4.78 is 6.04. The minimum atomic E-state index is 0.301. The van der Waals surface area contributed by atoms with E-state index in [-0.39, 0.29) is 0 Å². The maximum atomic E-state index is 6.04. The highest BCUT2D eigenvalue weighted by Crippen LogP contribution is 2.30. The molecule has 0 unspecified atom stereocenters. The zero-order chi connectivity index (χ0) is 14.9. The number of pyridine rings is 1. The molecule has 4 heteroatoms. The molecule has 0 radical (unpaired) electrons. The zero-order valence-corrected chi connectivity index (χ0v) is 13.0. The van der Waals surface area contributed by atoms with Gasteiger partial charge in [-0.2, -0.15) is 0 Å². The molecule has 0 aliphatic carbocycles. The van der Waals surface area contributed by atoms with Gasteiger partial charge in [0.25, 0.3) is 0 Å². The molecular formula is C16H18N2OS. The number of aryl methyl sites for hydroxylation is 4. The lowest BCUT2D eigenvalue weighted by molar-refractivity contribution is 0.475. The molecule has 1 heterocycles. The summed E-state index contributed by atoms with van der Waals surface area (Å²) in [5.74, 6) is 1.48. The molecule has 0 spiro atoms. The summed E-state index contributed by atoms with van der Waals surface area (Å²) in [6.45, 7) is 7.85. The maximum Gasteiger partial charge on any atom is 0.141 e. The third-order valence-corrected chi connectivity index (χ3v) is 3.31. The first-order valence-electron chi connectivity index (χ1n) is 6.41. The summed E-state index contributed by atoms with van der Waals surface area (Å²) in [6.07, 6.45) is 0. The van der Waals surface area contributed by atoms with Gasteiger partial charge in [-0.15, -0.1) is 0 Å². The SMILES string of the molecule is Cc1ccc(C)c(Oc2cc(C)nc(C)c2C(N)=S)c1. The number of thiocarbonyl (C=S) groups is 1. The minimum absolute atomic E-state index is 0.301. The molecule has 0 bridgehead atoms. The fraction of sp³-hybridized carbons (Fsp3) is 0.250. The normalized spacial score (nSPS) is 10.4. The Morgan fingerprint density at radius 2 is 1.80 bits per heavy atom. The molecule has 0 saturated carbocycles. The molecule has 0 amide bonds. The molecule has 104 valence electrons. The highest BCUT2D eigenvalue weighted by Gasteiger charge is 2.14. The molecular weight excluding hydrogens is 268 g/mol. The van der Waals surface area contributed by atoms with Crippen LogP contribution in [0.1, 0.15) is 28.1 Å². The summed E-state index contributed by atoms with van der Waals surface area (Å²) in [7, 11) is 0. The van der Waals surface area contributed by atoms with Gasteiger partial charge < -0.3 is 10.5 Å². The fourth-order valence-corrected chi connectivity index (χ4v) is 2.36. The Morgan fingerprint density at radius 1 is 1.10 bits per heavy atom. The Kier molecular flexibility index (Phi) is 4.04. The summed E-state index contributed by atoms with van der Waals surface area (Å²) >= 11 is 5.11. The molecule has 2 N–H and O–H groups in total. The van der Waals surface area contributed by atoms with Crippen molar-refractivity contribution in [2.24, 2.45) is 5.73 Å². The number of nitrogens with two attached hydrogens (primary N) is 1. The number of hydrogen-bond donors (Lipinski definition) is 1. The summed E-state index contributed by atoms with van der Waals surface area (Å²) in [5, 5.41) is 0. The van der Waals surface area contributed by atoms with Gasteiger partial charge in [-0.1, -0.05) is 24.4 Å². The Hall–Kier alpha value is -1.94. The van der Waals surface area contributed by atoms with Crippen molar-refractivity contribution in [3.63, 3.8) is 0 Å². The van der Waals surface area contributed by atoms with Crippen LogP contribution in [-0.4, -0.2) is 9.97 Å². The lowest BCUT2D eigenvalue weighted by atomic mass is 10.1. The van der Waals surface area contributed by atoms with Crippen LogP contribution in [0.25, 0.3) is 0 Å². The van der Waals surface area contributed by atoms with Gasteiger partial charge in [0.1, 0.15) is 16.5 Å². The van der Waals surface area contributed by atoms with Gasteiger partial charge in [0.05, 0.1) is 11.3 Å². The van der Waals surface area contributed by atoms with E-state index in [4.69, 9.17) is 22.7 Å². The molecule has 0 aliphatic heterocycles. The average Bonchev–Trinajstić information content (AvgIpc) is 2.32. The second-order valence-corrected chi connectivity index (χ2v) is 5.40. The minimum Gasteiger partial charge on any atom is -0.456 e. The average molecular weight is 286 g/mol. The lowest BCUT2D eigenvalue weighted by Gasteiger charge is -2.15. The van der Waals surface area contributed by atoms with E-state index in [9.17, 15) is 0 Å². The van der Waals surface area contributed by atoms with Crippen LogP contribution >= 0.6 is 12.2 Å². The van der Waals surface area contributed by atoms with Crippen LogP contribution in [0.5, 0.6) is 11.5 Å². The van der Waals surface area contributed by atoms with Gasteiger partial charge in [-0.05, 0) is 44.9 Å². The topological polar surface area (TPSA) is 48.1 Å². The summed E-state index contributed by atoms with van der Waals surface area (Å²) in [5.41, 5.74) is 10.4. The molecule has 0 fully saturated rings. The van der Waals surface area contributed by atoms with Crippen molar-refractivity contribution in [1.82, 2.24) is 4.98 Å². The van der Waals surface area contributed by atoms with Gasteiger partial charge in [-0.25, -0.2) is 0 Å². The highest BCUT2D eigenvalue weighted by atomic mass is 32.1. The Labute approximate surface area is 124 Å². The monoisotopic (exact) mass is 286 g/mol. The Bertz CT molecular complexity index is 680. The van der Waals surface area contributed by atoms with Gasteiger partial charge in [0.2, 0.25) is 0 Å². The summed E-state index contributed by atoms with van der Waals surface area (Å²) in [6, 6.07) is 7.96. The zero-order valence-electron chi connectivity index (χ0n) is 12.2. The molecule has 1 aromatic carbocycles. The standard InChI is InChI=1S/C16H18N2OS/c1-9-5-6-10(2)13(7-9)19-14-8-11(3)18-12(4)15(14)16(17)20/h5-8H,1-4H3,(H2,17,20). The van der Waals surface area contributed by atoms with Crippen LogP contribution in [0.2, 0.25) is 0 Å². The lowest BCUT2D eigenvalue weighted by Crippen LogP contribution is -2.14. The largest absolute Gasteiger partial charge is 0.456 e. The van der Waals surface area contributed by atoms with Crippen molar-refractivity contribution >= 4 is 17.2 Å². The number of hydrogen-bond acceptors (Lipinski definition) is 3. The van der Waals surface area contributed by atoms with Crippen LogP contribution < -0.4 is 10.5 Å². The van der Waals surface area contributed by atoms with Gasteiger partial charge in [0.15, 0.2) is 0 Å². The van der Waals surface area contributed by atoms with E-state index in [1.165, 1.54) is 0 Å². The van der Waals surface area contributed by atoms with Crippen molar-refractivity contribution in [3.8, 4) is 11.5 Å². The van der Waals surface area contributed by atoms with E-state index in [2.05, 4.69) is 11.1 Å². The van der Waals surface area contributed by atoms with Crippen LogP contribution in [0, 0.1) is 27.7 Å². The van der Waals surface area contributed by atoms with E-state index in [1.807, 2.05) is 45.9 Å². The third kappa shape index (κ3) is 2.96. The van der Waals surface area contributed by atoms with Crippen molar-refractivity contribution < 1.29 is 4.74 Å². The number of ether oxygens (including phenoxy) is 1. The Balaban J connectivity index is 2.53. The van der Waals surface area contributed by atoms with E-state index in [0.29, 0.717) is 16.3 Å². The van der Waals surface area contributed by atoms with Crippen molar-refractivity contribution in [2.75, 3.05) is 0 Å². The first kappa shape index (κ1) is 14.5. The number of benzene rings is 1. The molecule has 0 saturated heterocycles. The molecule has 2 rings (SSSR count). The van der Waals surface area contributed by atoms with Crippen molar-refractivity contribution in [1.29, 1.82) is 0 Å². The van der Waals surface area contributed by atoms with E-state index < -0.39 is 0 Å². The molecule has 0 aliphatic rings. The maximum absolute atomic E-state index is 6.04. The molecule has 0 atom stereocenters. The highest BCUT2D eigenvalue weighted by molar-refractivity contribution is 7.80. The van der Waals surface area contributed by atoms with E-state index in [0.717, 1.165) is 28.3 Å². The van der Waals surface area contributed by atoms with Gasteiger partial charge >= 0.3 is 0 Å². The number of rotatable bonds is 3. The van der Waals surface area contributed by atoms with Crippen LogP contribution in [0.4, 0.5) is 0 Å². The Morgan fingerprint density at radius 3 is 2.45 bits per heavy atom. The van der Waals surface area contributed by atoms with Crippen molar-refractivity contribution in [3.05, 3.63) is 52.3 Å². The molecule has 2 aromatic rings. The number of aromatic nitrogens is 1.